The molecule has 2 N–H and O–H groups in total. The Balaban J connectivity index is 0.00000124. The fourth-order valence-corrected chi connectivity index (χ4v) is 7.51. The van der Waals surface area contributed by atoms with Crippen molar-refractivity contribution in [3.05, 3.63) is 23.3 Å². The van der Waals surface area contributed by atoms with Gasteiger partial charge in [-0.1, -0.05) is 63.8 Å². The van der Waals surface area contributed by atoms with Crippen molar-refractivity contribution < 1.29 is 10.2 Å². The molecule has 4 aliphatic carbocycles. The van der Waals surface area contributed by atoms with Crippen LogP contribution in [0.1, 0.15) is 112 Å². The minimum Gasteiger partial charge on any atom is -0.393 e. The van der Waals surface area contributed by atoms with Gasteiger partial charge in [-0.15, -0.1) is 0 Å². The summed E-state index contributed by atoms with van der Waals surface area (Å²) in [5.41, 5.74) is 3.54. The van der Waals surface area contributed by atoms with Gasteiger partial charge >= 0.3 is 0 Å². The van der Waals surface area contributed by atoms with Gasteiger partial charge in [-0.3, -0.25) is 0 Å². The number of allylic oxidation sites excluding steroid dienone is 3. The standard InChI is InChI=1S/C26H42O2.C2H6/c1-24(2,28)14-6-5-7-18-9-11-22-21-10-8-19-17-20(27)12-15-26(19,4)23(21)13-16-25(18,22)3;1-2/h8,10,18,20,22-23,27-28H,5-7,9,11-17H2,1-4H3;1-2H3/t18-,20-,22-,23-,25+,26-;/m0./s1. The van der Waals surface area contributed by atoms with Gasteiger partial charge in [-0.2, -0.15) is 0 Å². The van der Waals surface area contributed by atoms with E-state index in [1.165, 1.54) is 44.1 Å². The van der Waals surface area contributed by atoms with Gasteiger partial charge in [0, 0.05) is 0 Å². The Labute approximate surface area is 186 Å². The zero-order valence-electron chi connectivity index (χ0n) is 20.6. The summed E-state index contributed by atoms with van der Waals surface area (Å²) in [7, 11) is 0. The van der Waals surface area contributed by atoms with E-state index in [0.717, 1.165) is 43.9 Å². The highest BCUT2D eigenvalue weighted by Crippen LogP contribution is 2.65. The molecule has 3 fully saturated rings. The molecule has 0 spiro atoms. The van der Waals surface area contributed by atoms with Gasteiger partial charge < -0.3 is 10.2 Å². The quantitative estimate of drug-likeness (QED) is 0.465. The van der Waals surface area contributed by atoms with Crippen molar-refractivity contribution in [3.8, 4) is 0 Å². The van der Waals surface area contributed by atoms with Crippen LogP contribution in [-0.2, 0) is 0 Å². The first kappa shape index (κ1) is 24.1. The first-order chi connectivity index (χ1) is 14.1. The van der Waals surface area contributed by atoms with Crippen LogP contribution in [0.25, 0.3) is 0 Å². The molecule has 4 aliphatic rings. The van der Waals surface area contributed by atoms with E-state index in [9.17, 15) is 10.2 Å². The molecule has 0 radical (unpaired) electrons. The van der Waals surface area contributed by atoms with Gasteiger partial charge in [0.2, 0.25) is 0 Å². The number of aliphatic hydroxyl groups excluding tert-OH is 1. The molecule has 0 unspecified atom stereocenters. The highest BCUT2D eigenvalue weighted by Gasteiger charge is 2.55. The second-order valence-electron chi connectivity index (χ2n) is 11.7. The maximum atomic E-state index is 10.2. The van der Waals surface area contributed by atoms with E-state index in [-0.39, 0.29) is 6.10 Å². The van der Waals surface area contributed by atoms with Crippen molar-refractivity contribution >= 4 is 0 Å². The molecule has 2 nitrogen and oxygen atoms in total. The Bertz CT molecular complexity index is 654. The lowest BCUT2D eigenvalue weighted by molar-refractivity contribution is 0.0415. The Hall–Kier alpha value is -0.600. The van der Waals surface area contributed by atoms with E-state index < -0.39 is 5.60 Å². The second-order valence-corrected chi connectivity index (χ2v) is 11.7. The summed E-state index contributed by atoms with van der Waals surface area (Å²) < 4.78 is 0. The molecular weight excluding hydrogens is 368 g/mol. The Morgan fingerprint density at radius 1 is 0.967 bits per heavy atom. The Morgan fingerprint density at radius 2 is 1.70 bits per heavy atom. The lowest BCUT2D eigenvalue weighted by Crippen LogP contribution is -2.45. The molecule has 2 heteroatoms. The van der Waals surface area contributed by atoms with Gasteiger partial charge in [0.05, 0.1) is 11.7 Å². The molecule has 0 bridgehead atoms. The lowest BCUT2D eigenvalue weighted by Gasteiger charge is -2.54. The van der Waals surface area contributed by atoms with Crippen LogP contribution >= 0.6 is 0 Å². The summed E-state index contributed by atoms with van der Waals surface area (Å²) in [5, 5.41) is 20.1. The van der Waals surface area contributed by atoms with Gasteiger partial charge in [-0.25, -0.2) is 0 Å². The lowest BCUT2D eigenvalue weighted by atomic mass is 9.50. The number of rotatable bonds is 5. The fourth-order valence-electron chi connectivity index (χ4n) is 7.51. The largest absolute Gasteiger partial charge is 0.393 e. The topological polar surface area (TPSA) is 40.5 Å². The van der Waals surface area contributed by atoms with Crippen molar-refractivity contribution in [3.63, 3.8) is 0 Å². The zero-order chi connectivity index (χ0) is 22.2. The molecule has 6 atom stereocenters. The number of fused-ring (bicyclic) bond motifs is 5. The minimum absolute atomic E-state index is 0.122. The summed E-state index contributed by atoms with van der Waals surface area (Å²) >= 11 is 0. The van der Waals surface area contributed by atoms with E-state index in [0.29, 0.717) is 16.7 Å². The highest BCUT2D eigenvalue weighted by molar-refractivity contribution is 5.38. The molecule has 0 aliphatic heterocycles. The third-order valence-corrected chi connectivity index (χ3v) is 9.33. The van der Waals surface area contributed by atoms with Crippen LogP contribution < -0.4 is 0 Å². The molecule has 4 rings (SSSR count). The highest BCUT2D eigenvalue weighted by atomic mass is 16.3. The van der Waals surface area contributed by atoms with Crippen LogP contribution in [0, 0.1) is 28.6 Å². The van der Waals surface area contributed by atoms with Crippen LogP contribution in [0.3, 0.4) is 0 Å². The van der Waals surface area contributed by atoms with E-state index >= 15 is 0 Å². The molecule has 0 heterocycles. The number of hydrogen-bond acceptors (Lipinski definition) is 2. The molecule has 30 heavy (non-hydrogen) atoms. The SMILES string of the molecule is CC.CC(C)(O)CCCC[C@H]1CC[C@H]2C3=CC=C4C[C@@H](O)CC[C@]4(C)[C@H]3CC[C@]12C. The number of hydrogen-bond donors (Lipinski definition) is 2. The molecule has 0 aromatic carbocycles. The second kappa shape index (κ2) is 9.10. The summed E-state index contributed by atoms with van der Waals surface area (Å²) in [6, 6.07) is 0. The molecule has 0 amide bonds. The summed E-state index contributed by atoms with van der Waals surface area (Å²) in [6.45, 7) is 13.0. The van der Waals surface area contributed by atoms with E-state index in [4.69, 9.17) is 0 Å². The summed E-state index contributed by atoms with van der Waals surface area (Å²) in [4.78, 5) is 0. The van der Waals surface area contributed by atoms with Crippen molar-refractivity contribution in [2.75, 3.05) is 0 Å². The molecular formula is C28H48O2. The van der Waals surface area contributed by atoms with E-state index in [1.807, 2.05) is 27.7 Å². The first-order valence-electron chi connectivity index (χ1n) is 12.9. The van der Waals surface area contributed by atoms with Gasteiger partial charge in [0.15, 0.2) is 0 Å². The molecule has 0 aromatic rings. The van der Waals surface area contributed by atoms with Gasteiger partial charge in [0.25, 0.3) is 0 Å². The van der Waals surface area contributed by atoms with E-state index in [1.54, 1.807) is 5.57 Å². The third kappa shape index (κ3) is 4.46. The molecule has 0 saturated heterocycles. The normalized spacial score (nSPS) is 40.3. The Morgan fingerprint density at radius 3 is 2.40 bits per heavy atom. The van der Waals surface area contributed by atoms with Crippen LogP contribution in [0.5, 0.6) is 0 Å². The number of aliphatic hydroxyl groups is 2. The maximum Gasteiger partial charge on any atom is 0.0591 e. The minimum atomic E-state index is -0.514. The fraction of sp³-hybridized carbons (Fsp3) is 0.857. The molecule has 0 aromatic heterocycles. The van der Waals surface area contributed by atoms with E-state index in [2.05, 4.69) is 26.0 Å². The van der Waals surface area contributed by atoms with Crippen LogP contribution in [0.15, 0.2) is 23.3 Å². The van der Waals surface area contributed by atoms with Gasteiger partial charge in [-0.05, 0) is 100 Å². The van der Waals surface area contributed by atoms with Crippen LogP contribution in [0.2, 0.25) is 0 Å². The van der Waals surface area contributed by atoms with Gasteiger partial charge in [0.1, 0.15) is 0 Å². The monoisotopic (exact) mass is 416 g/mol. The predicted molar refractivity (Wildman–Crippen MR) is 127 cm³/mol. The van der Waals surface area contributed by atoms with Crippen molar-refractivity contribution in [2.45, 2.75) is 124 Å². The molecule has 172 valence electrons. The summed E-state index contributed by atoms with van der Waals surface area (Å²) in [5.74, 6) is 2.34. The summed E-state index contributed by atoms with van der Waals surface area (Å²) in [6.07, 6.45) is 17.9. The van der Waals surface area contributed by atoms with Crippen LogP contribution in [-0.4, -0.2) is 21.9 Å². The Kier molecular flexibility index (Phi) is 7.30. The maximum absolute atomic E-state index is 10.2. The smallest absolute Gasteiger partial charge is 0.0591 e. The zero-order valence-corrected chi connectivity index (χ0v) is 20.6. The van der Waals surface area contributed by atoms with Crippen molar-refractivity contribution in [1.82, 2.24) is 0 Å². The number of unbranched alkanes of at least 4 members (excludes halogenated alkanes) is 1. The average molecular weight is 417 g/mol. The van der Waals surface area contributed by atoms with Crippen molar-refractivity contribution in [2.24, 2.45) is 28.6 Å². The van der Waals surface area contributed by atoms with Crippen LogP contribution in [0.4, 0.5) is 0 Å². The third-order valence-electron chi connectivity index (χ3n) is 9.33. The average Bonchev–Trinajstić information content (AvgIpc) is 3.03. The first-order valence-corrected chi connectivity index (χ1v) is 12.9. The predicted octanol–water partition coefficient (Wildman–Crippen LogP) is 7.20. The molecule has 3 saturated carbocycles. The van der Waals surface area contributed by atoms with Crippen molar-refractivity contribution in [1.29, 1.82) is 0 Å².